The van der Waals surface area contributed by atoms with E-state index in [9.17, 15) is 4.79 Å². The normalized spacial score (nSPS) is 20.9. The minimum absolute atomic E-state index is 0.0660. The zero-order valence-electron chi connectivity index (χ0n) is 22.9. The summed E-state index contributed by atoms with van der Waals surface area (Å²) in [5.74, 6) is 0.601. The maximum Gasteiger partial charge on any atom is 0.261 e. The number of Topliss-reactive ketones (excluding diaryl/α,β-unsaturated/α-hetero) is 1. The number of ketones is 1. The molecule has 2 aromatic carbocycles. The van der Waals surface area contributed by atoms with Crippen LogP contribution in [0.1, 0.15) is 98.8 Å². The van der Waals surface area contributed by atoms with Gasteiger partial charge in [0.25, 0.3) is 8.32 Å². The van der Waals surface area contributed by atoms with Crippen LogP contribution in [0.4, 0.5) is 0 Å². The fraction of sp³-hybridized carbons (Fsp3) is 0.594. The van der Waals surface area contributed by atoms with E-state index >= 15 is 0 Å². The molecule has 35 heavy (non-hydrogen) atoms. The average molecular weight is 493 g/mol. The van der Waals surface area contributed by atoms with Gasteiger partial charge in [-0.15, -0.1) is 0 Å². The van der Waals surface area contributed by atoms with E-state index in [0.717, 1.165) is 25.7 Å². The Morgan fingerprint density at radius 3 is 1.83 bits per heavy atom. The number of hydrogen-bond acceptors (Lipinski definition) is 2. The van der Waals surface area contributed by atoms with Gasteiger partial charge in [-0.2, -0.15) is 0 Å². The van der Waals surface area contributed by atoms with Crippen molar-refractivity contribution in [2.75, 3.05) is 6.61 Å². The van der Waals surface area contributed by atoms with Crippen molar-refractivity contribution < 1.29 is 9.22 Å². The Bertz CT molecular complexity index is 863. The van der Waals surface area contributed by atoms with Gasteiger partial charge in [0, 0.05) is 12.5 Å². The lowest BCUT2D eigenvalue weighted by Gasteiger charge is -2.45. The van der Waals surface area contributed by atoms with Crippen molar-refractivity contribution in [3.63, 3.8) is 0 Å². The van der Waals surface area contributed by atoms with Crippen LogP contribution in [0.15, 0.2) is 60.7 Å². The van der Waals surface area contributed by atoms with E-state index in [2.05, 4.69) is 95.3 Å². The van der Waals surface area contributed by atoms with Crippen LogP contribution in [0.5, 0.6) is 0 Å². The van der Waals surface area contributed by atoms with E-state index in [-0.39, 0.29) is 16.4 Å². The molecule has 192 valence electrons. The van der Waals surface area contributed by atoms with Crippen LogP contribution in [0.25, 0.3) is 0 Å². The van der Waals surface area contributed by atoms with Crippen LogP contribution >= 0.6 is 0 Å². The number of carbonyl (C=O) groups is 1. The van der Waals surface area contributed by atoms with Crippen molar-refractivity contribution in [3.8, 4) is 0 Å². The molecule has 0 aromatic heterocycles. The predicted molar refractivity (Wildman–Crippen MR) is 152 cm³/mol. The number of hydrogen-bond donors (Lipinski definition) is 0. The van der Waals surface area contributed by atoms with E-state index in [1.807, 2.05) is 0 Å². The van der Waals surface area contributed by atoms with Crippen LogP contribution in [-0.2, 0) is 9.22 Å². The summed E-state index contributed by atoms with van der Waals surface area (Å²) >= 11 is 0. The Morgan fingerprint density at radius 1 is 0.857 bits per heavy atom. The molecular weight excluding hydrogens is 444 g/mol. The third-order valence-electron chi connectivity index (χ3n) is 8.27. The molecule has 2 nitrogen and oxygen atoms in total. The zero-order chi connectivity index (χ0) is 25.4. The first-order valence-corrected chi connectivity index (χ1v) is 16.0. The van der Waals surface area contributed by atoms with Crippen LogP contribution in [0.3, 0.4) is 0 Å². The van der Waals surface area contributed by atoms with Gasteiger partial charge in [-0.05, 0) is 34.7 Å². The first-order valence-electron chi connectivity index (χ1n) is 14.1. The summed E-state index contributed by atoms with van der Waals surface area (Å²) in [5.41, 5.74) is -0.324. The van der Waals surface area contributed by atoms with Gasteiger partial charge in [-0.25, -0.2) is 0 Å². The number of benzene rings is 2. The molecule has 1 aliphatic carbocycles. The molecule has 3 rings (SSSR count). The van der Waals surface area contributed by atoms with Gasteiger partial charge >= 0.3 is 0 Å². The monoisotopic (exact) mass is 492 g/mol. The molecule has 1 saturated carbocycles. The molecule has 0 saturated heterocycles. The van der Waals surface area contributed by atoms with Crippen molar-refractivity contribution >= 4 is 24.5 Å². The number of carbonyl (C=O) groups excluding carboxylic acids is 1. The van der Waals surface area contributed by atoms with Crippen LogP contribution in [-0.4, -0.2) is 20.7 Å². The smallest absolute Gasteiger partial charge is 0.261 e. The second-order valence-corrected chi connectivity index (χ2v) is 16.2. The predicted octanol–water partition coefficient (Wildman–Crippen LogP) is 7.69. The molecule has 0 amide bonds. The minimum Gasteiger partial charge on any atom is -0.406 e. The molecule has 2 aromatic rings. The van der Waals surface area contributed by atoms with Gasteiger partial charge in [0.1, 0.15) is 5.78 Å². The Morgan fingerprint density at radius 2 is 1.37 bits per heavy atom. The van der Waals surface area contributed by atoms with E-state index in [4.69, 9.17) is 4.43 Å². The summed E-state index contributed by atoms with van der Waals surface area (Å²) in [4.78, 5) is 13.6. The Kier molecular flexibility index (Phi) is 9.95. The molecular formula is C32H48O2Si. The summed E-state index contributed by atoms with van der Waals surface area (Å²) in [7, 11) is -2.64. The Balaban J connectivity index is 1.87. The molecule has 0 bridgehead atoms. The first-order chi connectivity index (χ1) is 16.8. The van der Waals surface area contributed by atoms with E-state index in [0.29, 0.717) is 12.4 Å². The highest BCUT2D eigenvalue weighted by molar-refractivity contribution is 6.99. The van der Waals surface area contributed by atoms with Gasteiger partial charge in [0.2, 0.25) is 0 Å². The third kappa shape index (κ3) is 6.35. The molecule has 3 heteroatoms. The second kappa shape index (κ2) is 12.5. The summed E-state index contributed by atoms with van der Waals surface area (Å²) in [6, 6.07) is 21.7. The van der Waals surface area contributed by atoms with E-state index < -0.39 is 8.32 Å². The van der Waals surface area contributed by atoms with E-state index in [1.54, 1.807) is 0 Å². The highest BCUT2D eigenvalue weighted by Crippen LogP contribution is 2.45. The largest absolute Gasteiger partial charge is 0.406 e. The lowest BCUT2D eigenvalue weighted by molar-refractivity contribution is -0.130. The maximum atomic E-state index is 13.6. The zero-order valence-corrected chi connectivity index (χ0v) is 23.9. The highest BCUT2D eigenvalue weighted by Gasteiger charge is 2.53. The SMILES string of the molecule is CCCCCCCCC[C@@]1(CO[Si](c2ccccc2)(c2ccccc2)C(C)(C)C)CC[C@@H](C)C1=O. The average Bonchev–Trinajstić information content (AvgIpc) is 3.13. The summed E-state index contributed by atoms with van der Waals surface area (Å²) in [6.45, 7) is 11.9. The fourth-order valence-electron chi connectivity index (χ4n) is 6.16. The molecule has 2 atom stereocenters. The van der Waals surface area contributed by atoms with Gasteiger partial charge in [0.15, 0.2) is 0 Å². The van der Waals surface area contributed by atoms with Crippen LogP contribution in [0.2, 0.25) is 5.04 Å². The number of unbranched alkanes of at least 4 members (excludes halogenated alkanes) is 6. The fourth-order valence-corrected chi connectivity index (χ4v) is 10.8. The Labute approximate surface area is 216 Å². The molecule has 0 unspecified atom stereocenters. The minimum atomic E-state index is -2.64. The quantitative estimate of drug-likeness (QED) is 0.212. The molecule has 0 radical (unpaired) electrons. The van der Waals surface area contributed by atoms with Crippen molar-refractivity contribution in [2.45, 2.75) is 104 Å². The van der Waals surface area contributed by atoms with Crippen molar-refractivity contribution in [3.05, 3.63) is 60.7 Å². The molecule has 0 aliphatic heterocycles. The molecule has 1 aliphatic rings. The number of rotatable bonds is 13. The van der Waals surface area contributed by atoms with Gasteiger partial charge in [-0.3, -0.25) is 4.79 Å². The molecule has 0 spiro atoms. The standard InChI is InChI=1S/C32H48O2Si/c1-6-7-8-9-10-11-18-24-32(25-23-27(2)30(32)33)26-34-35(31(3,4)5,28-19-14-12-15-20-28)29-21-16-13-17-22-29/h12-17,19-22,27H,6-11,18,23-26H2,1-5H3/t27-,32+/m1/s1. The van der Waals surface area contributed by atoms with Gasteiger partial charge in [-0.1, -0.05) is 140 Å². The maximum absolute atomic E-state index is 13.6. The summed E-state index contributed by atoms with van der Waals surface area (Å²) < 4.78 is 7.30. The van der Waals surface area contributed by atoms with Crippen molar-refractivity contribution in [1.82, 2.24) is 0 Å². The lowest BCUT2D eigenvalue weighted by atomic mass is 9.80. The van der Waals surface area contributed by atoms with Crippen LogP contribution in [0, 0.1) is 11.3 Å². The topological polar surface area (TPSA) is 26.3 Å². The Hall–Kier alpha value is -1.71. The summed E-state index contributed by atoms with van der Waals surface area (Å²) in [6.07, 6.45) is 11.9. The molecule has 0 N–H and O–H groups in total. The van der Waals surface area contributed by atoms with Crippen molar-refractivity contribution in [1.29, 1.82) is 0 Å². The lowest BCUT2D eigenvalue weighted by Crippen LogP contribution is -2.67. The molecule has 0 heterocycles. The first kappa shape index (κ1) is 27.9. The van der Waals surface area contributed by atoms with Gasteiger partial charge < -0.3 is 4.43 Å². The van der Waals surface area contributed by atoms with Crippen molar-refractivity contribution in [2.24, 2.45) is 11.3 Å². The highest BCUT2D eigenvalue weighted by atomic mass is 28.4. The third-order valence-corrected chi connectivity index (χ3v) is 13.2. The molecule has 1 fully saturated rings. The van der Waals surface area contributed by atoms with Crippen LogP contribution < -0.4 is 10.4 Å². The van der Waals surface area contributed by atoms with Gasteiger partial charge in [0.05, 0.1) is 5.41 Å². The second-order valence-electron chi connectivity index (χ2n) is 11.9. The summed E-state index contributed by atoms with van der Waals surface area (Å²) in [5, 5.41) is 2.52. The van der Waals surface area contributed by atoms with E-state index in [1.165, 1.54) is 48.9 Å².